The van der Waals surface area contributed by atoms with E-state index in [1.807, 2.05) is 18.2 Å². The Morgan fingerprint density at radius 2 is 2.00 bits per heavy atom. The third-order valence-corrected chi connectivity index (χ3v) is 4.22. The Labute approximate surface area is 117 Å². The first-order chi connectivity index (χ1) is 9.66. The van der Waals surface area contributed by atoms with Crippen LogP contribution in [-0.2, 0) is 17.6 Å². The van der Waals surface area contributed by atoms with Crippen molar-refractivity contribution in [3.05, 3.63) is 35.4 Å². The summed E-state index contributed by atoms with van der Waals surface area (Å²) in [5.74, 6) is -0.148. The van der Waals surface area contributed by atoms with Gasteiger partial charge in [0, 0.05) is 19.6 Å². The van der Waals surface area contributed by atoms with Crippen LogP contribution in [0, 0.1) is 0 Å². The number of nitrogens with zero attached hydrogens (tertiary/aromatic N) is 1. The SMILES string of the molecule is O=C1NC2(CCc3ccccc3C2)C(=O)N1CCCO. The van der Waals surface area contributed by atoms with Crippen LogP contribution in [0.2, 0.25) is 0 Å². The molecule has 1 aliphatic heterocycles. The molecule has 1 atom stereocenters. The lowest BCUT2D eigenvalue weighted by atomic mass is 9.78. The number of urea groups is 1. The maximum absolute atomic E-state index is 12.6. The molecular formula is C15H18N2O3. The van der Waals surface area contributed by atoms with Crippen molar-refractivity contribution in [2.45, 2.75) is 31.2 Å². The highest BCUT2D eigenvalue weighted by Gasteiger charge is 2.51. The van der Waals surface area contributed by atoms with Crippen LogP contribution in [0.15, 0.2) is 24.3 Å². The van der Waals surface area contributed by atoms with Crippen LogP contribution in [-0.4, -0.2) is 40.6 Å². The normalized spacial score (nSPS) is 24.9. The third kappa shape index (κ3) is 1.98. The number of aliphatic hydroxyl groups excluding tert-OH is 1. The van der Waals surface area contributed by atoms with Crippen LogP contribution >= 0.6 is 0 Å². The van der Waals surface area contributed by atoms with Crippen LogP contribution in [0.25, 0.3) is 0 Å². The molecule has 0 bridgehead atoms. The molecule has 5 heteroatoms. The summed E-state index contributed by atoms with van der Waals surface area (Å²) in [4.78, 5) is 25.8. The second kappa shape index (κ2) is 4.90. The van der Waals surface area contributed by atoms with Crippen molar-refractivity contribution in [1.29, 1.82) is 0 Å². The van der Waals surface area contributed by atoms with E-state index in [1.165, 1.54) is 10.5 Å². The molecule has 1 fully saturated rings. The van der Waals surface area contributed by atoms with Crippen molar-refractivity contribution < 1.29 is 14.7 Å². The highest BCUT2D eigenvalue weighted by Crippen LogP contribution is 2.33. The fourth-order valence-corrected chi connectivity index (χ4v) is 3.13. The maximum Gasteiger partial charge on any atom is 0.325 e. The van der Waals surface area contributed by atoms with Gasteiger partial charge >= 0.3 is 6.03 Å². The van der Waals surface area contributed by atoms with Gasteiger partial charge in [0.05, 0.1) is 0 Å². The molecule has 0 aromatic heterocycles. The monoisotopic (exact) mass is 274 g/mol. The summed E-state index contributed by atoms with van der Waals surface area (Å²) in [6.45, 7) is 0.261. The van der Waals surface area contributed by atoms with Crippen molar-refractivity contribution in [2.75, 3.05) is 13.2 Å². The lowest BCUT2D eigenvalue weighted by Crippen LogP contribution is -2.51. The minimum Gasteiger partial charge on any atom is -0.396 e. The number of imide groups is 1. The van der Waals surface area contributed by atoms with Crippen LogP contribution in [0.1, 0.15) is 24.0 Å². The molecule has 1 spiro atoms. The van der Waals surface area contributed by atoms with Crippen LogP contribution < -0.4 is 5.32 Å². The first kappa shape index (κ1) is 13.1. The molecule has 106 valence electrons. The molecule has 0 radical (unpaired) electrons. The van der Waals surface area contributed by atoms with E-state index in [9.17, 15) is 9.59 Å². The fourth-order valence-electron chi connectivity index (χ4n) is 3.13. The van der Waals surface area contributed by atoms with Crippen LogP contribution in [0.4, 0.5) is 4.79 Å². The number of nitrogens with one attached hydrogen (secondary N) is 1. The molecule has 2 N–H and O–H groups in total. The number of aryl methyl sites for hydroxylation is 1. The van der Waals surface area contributed by atoms with E-state index in [0.717, 1.165) is 12.0 Å². The summed E-state index contributed by atoms with van der Waals surface area (Å²) in [7, 11) is 0. The molecular weight excluding hydrogens is 256 g/mol. The number of hydrogen-bond donors (Lipinski definition) is 2. The van der Waals surface area contributed by atoms with E-state index in [4.69, 9.17) is 5.11 Å². The minimum absolute atomic E-state index is 0.0209. The molecule has 2 aliphatic rings. The molecule has 3 rings (SSSR count). The first-order valence-electron chi connectivity index (χ1n) is 6.98. The van der Waals surface area contributed by atoms with Gasteiger partial charge in [-0.3, -0.25) is 9.69 Å². The van der Waals surface area contributed by atoms with Gasteiger partial charge in [-0.15, -0.1) is 0 Å². The molecule has 1 heterocycles. The van der Waals surface area contributed by atoms with Gasteiger partial charge in [0.25, 0.3) is 5.91 Å². The van der Waals surface area contributed by atoms with Crippen molar-refractivity contribution in [3.8, 4) is 0 Å². The molecule has 1 aromatic carbocycles. The number of fused-ring (bicyclic) bond motifs is 1. The first-order valence-corrected chi connectivity index (χ1v) is 6.98. The van der Waals surface area contributed by atoms with Gasteiger partial charge in [0.1, 0.15) is 5.54 Å². The van der Waals surface area contributed by atoms with Gasteiger partial charge in [-0.2, -0.15) is 0 Å². The summed E-state index contributed by atoms with van der Waals surface area (Å²) >= 11 is 0. The maximum atomic E-state index is 12.6. The number of carbonyl (C=O) groups excluding carboxylic acids is 2. The minimum atomic E-state index is -0.777. The van der Waals surface area contributed by atoms with E-state index in [0.29, 0.717) is 19.3 Å². The topological polar surface area (TPSA) is 69.6 Å². The molecule has 1 unspecified atom stereocenters. The van der Waals surface area contributed by atoms with E-state index in [2.05, 4.69) is 11.4 Å². The van der Waals surface area contributed by atoms with Gasteiger partial charge in [-0.05, 0) is 30.4 Å². The molecule has 3 amide bonds. The lowest BCUT2D eigenvalue weighted by Gasteiger charge is -2.32. The zero-order valence-corrected chi connectivity index (χ0v) is 11.3. The van der Waals surface area contributed by atoms with Crippen LogP contribution in [0.3, 0.4) is 0 Å². The Balaban J connectivity index is 1.85. The van der Waals surface area contributed by atoms with Gasteiger partial charge in [-0.25, -0.2) is 4.79 Å². The largest absolute Gasteiger partial charge is 0.396 e. The van der Waals surface area contributed by atoms with Crippen molar-refractivity contribution in [2.24, 2.45) is 0 Å². The molecule has 1 aromatic rings. The third-order valence-electron chi connectivity index (χ3n) is 4.22. The number of benzene rings is 1. The smallest absolute Gasteiger partial charge is 0.325 e. The van der Waals surface area contributed by atoms with Crippen molar-refractivity contribution in [1.82, 2.24) is 10.2 Å². The molecule has 0 saturated carbocycles. The molecule has 1 aliphatic carbocycles. The second-order valence-corrected chi connectivity index (χ2v) is 5.49. The Kier molecular flexibility index (Phi) is 3.22. The summed E-state index contributed by atoms with van der Waals surface area (Å²) in [5.41, 5.74) is 1.62. The Morgan fingerprint density at radius 3 is 2.75 bits per heavy atom. The average Bonchev–Trinajstić information content (AvgIpc) is 2.68. The summed E-state index contributed by atoms with van der Waals surface area (Å²) in [6, 6.07) is 7.73. The molecule has 1 saturated heterocycles. The number of amides is 3. The van der Waals surface area contributed by atoms with E-state index < -0.39 is 5.54 Å². The Hall–Kier alpha value is -1.88. The zero-order valence-electron chi connectivity index (χ0n) is 11.3. The summed E-state index contributed by atoms with van der Waals surface area (Å²) in [6.07, 6.45) is 2.43. The van der Waals surface area contributed by atoms with E-state index in [-0.39, 0.29) is 25.1 Å². The number of hydrogen-bond acceptors (Lipinski definition) is 3. The van der Waals surface area contributed by atoms with Gasteiger partial charge in [0.15, 0.2) is 0 Å². The molecule has 20 heavy (non-hydrogen) atoms. The van der Waals surface area contributed by atoms with E-state index >= 15 is 0 Å². The predicted octanol–water partition coefficient (Wildman–Crippen LogP) is 0.848. The average molecular weight is 274 g/mol. The highest BCUT2D eigenvalue weighted by molar-refractivity contribution is 6.07. The Bertz CT molecular complexity index is 558. The highest BCUT2D eigenvalue weighted by atomic mass is 16.3. The number of rotatable bonds is 3. The Morgan fingerprint density at radius 1 is 1.25 bits per heavy atom. The predicted molar refractivity (Wildman–Crippen MR) is 73.1 cm³/mol. The second-order valence-electron chi connectivity index (χ2n) is 5.49. The number of aliphatic hydroxyl groups is 1. The van der Waals surface area contributed by atoms with Crippen molar-refractivity contribution in [3.63, 3.8) is 0 Å². The fraction of sp³-hybridized carbons (Fsp3) is 0.467. The van der Waals surface area contributed by atoms with E-state index in [1.54, 1.807) is 0 Å². The zero-order chi connectivity index (χ0) is 14.2. The van der Waals surface area contributed by atoms with Gasteiger partial charge in [-0.1, -0.05) is 24.3 Å². The summed E-state index contributed by atoms with van der Waals surface area (Å²) in [5, 5.41) is 11.7. The number of carbonyl (C=O) groups is 2. The van der Waals surface area contributed by atoms with Gasteiger partial charge < -0.3 is 10.4 Å². The van der Waals surface area contributed by atoms with Crippen molar-refractivity contribution >= 4 is 11.9 Å². The standard InChI is InChI=1S/C15H18N2O3/c18-9-3-8-17-13(19)15(16-14(17)20)7-6-11-4-1-2-5-12(11)10-15/h1-2,4-5,18H,3,6-10H2,(H,16,20). The quantitative estimate of drug-likeness (QED) is 0.803. The van der Waals surface area contributed by atoms with Crippen LogP contribution in [0.5, 0.6) is 0 Å². The lowest BCUT2D eigenvalue weighted by molar-refractivity contribution is -0.131. The van der Waals surface area contributed by atoms with Gasteiger partial charge in [0.2, 0.25) is 0 Å². The summed E-state index contributed by atoms with van der Waals surface area (Å²) < 4.78 is 0. The molecule has 5 nitrogen and oxygen atoms in total.